The van der Waals surface area contributed by atoms with Gasteiger partial charge in [0.15, 0.2) is 0 Å². The van der Waals surface area contributed by atoms with Crippen molar-refractivity contribution in [3.63, 3.8) is 0 Å². The molecular formula is C17H25BrN2O3. The number of hydrogen-bond acceptors (Lipinski definition) is 3. The van der Waals surface area contributed by atoms with E-state index in [9.17, 15) is 9.59 Å². The number of carbonyl (C=O) groups is 2. The van der Waals surface area contributed by atoms with Gasteiger partial charge in [-0.15, -0.1) is 0 Å². The molecule has 0 saturated carbocycles. The summed E-state index contributed by atoms with van der Waals surface area (Å²) in [4.78, 5) is 25.7. The molecule has 0 saturated heterocycles. The van der Waals surface area contributed by atoms with Crippen LogP contribution in [-0.2, 0) is 16.0 Å². The van der Waals surface area contributed by atoms with Gasteiger partial charge in [0.1, 0.15) is 5.75 Å². The normalized spacial score (nSPS) is 10.5. The number of amides is 2. The Morgan fingerprint density at radius 3 is 2.57 bits per heavy atom. The number of ether oxygens (including phenoxy) is 1. The molecule has 1 aromatic carbocycles. The highest BCUT2D eigenvalue weighted by Gasteiger charge is 2.16. The van der Waals surface area contributed by atoms with Crippen molar-refractivity contribution in [3.05, 3.63) is 28.2 Å². The molecule has 0 aliphatic heterocycles. The van der Waals surface area contributed by atoms with Gasteiger partial charge in [-0.05, 0) is 60.8 Å². The van der Waals surface area contributed by atoms with E-state index < -0.39 is 0 Å². The molecule has 0 spiro atoms. The van der Waals surface area contributed by atoms with Crippen LogP contribution in [0.4, 0.5) is 0 Å². The predicted molar refractivity (Wildman–Crippen MR) is 94.5 cm³/mol. The number of halogens is 1. The number of likely N-dealkylation sites (N-methyl/N-ethyl adjacent to an activating group) is 1. The lowest BCUT2D eigenvalue weighted by atomic mass is 10.1. The van der Waals surface area contributed by atoms with Crippen LogP contribution in [0.25, 0.3) is 0 Å². The third-order valence-electron chi connectivity index (χ3n) is 3.36. The Labute approximate surface area is 146 Å². The van der Waals surface area contributed by atoms with Gasteiger partial charge in [0, 0.05) is 19.0 Å². The third kappa shape index (κ3) is 6.60. The lowest BCUT2D eigenvalue weighted by Crippen LogP contribution is -2.42. The largest absolute Gasteiger partial charge is 0.496 e. The van der Waals surface area contributed by atoms with Crippen molar-refractivity contribution in [3.8, 4) is 5.75 Å². The summed E-state index contributed by atoms with van der Waals surface area (Å²) in [5.74, 6) is 0.626. The van der Waals surface area contributed by atoms with Gasteiger partial charge in [-0.25, -0.2) is 0 Å². The summed E-state index contributed by atoms with van der Waals surface area (Å²) in [5.41, 5.74) is 1.05. The molecule has 128 valence electrons. The Bertz CT molecular complexity index is 547. The van der Waals surface area contributed by atoms with Crippen molar-refractivity contribution in [2.75, 3.05) is 20.2 Å². The number of methoxy groups -OCH3 is 1. The molecule has 0 aliphatic carbocycles. The molecular weight excluding hydrogens is 360 g/mol. The minimum Gasteiger partial charge on any atom is -0.496 e. The molecule has 0 fully saturated rings. The molecule has 0 radical (unpaired) electrons. The minimum absolute atomic E-state index is 0.0154. The molecule has 0 atom stereocenters. The van der Waals surface area contributed by atoms with Gasteiger partial charge in [0.25, 0.3) is 0 Å². The van der Waals surface area contributed by atoms with Crippen LogP contribution in [0.3, 0.4) is 0 Å². The van der Waals surface area contributed by atoms with E-state index in [1.807, 2.05) is 39.0 Å². The second-order valence-electron chi connectivity index (χ2n) is 5.60. The van der Waals surface area contributed by atoms with Crippen molar-refractivity contribution in [1.82, 2.24) is 10.2 Å². The summed E-state index contributed by atoms with van der Waals surface area (Å²) < 4.78 is 6.06. The molecule has 5 nitrogen and oxygen atoms in total. The maximum Gasteiger partial charge on any atom is 0.239 e. The zero-order valence-electron chi connectivity index (χ0n) is 14.2. The van der Waals surface area contributed by atoms with Gasteiger partial charge < -0.3 is 15.0 Å². The molecule has 0 aliphatic rings. The molecule has 1 rings (SSSR count). The average Bonchev–Trinajstić information content (AvgIpc) is 2.49. The van der Waals surface area contributed by atoms with E-state index in [4.69, 9.17) is 4.74 Å². The molecule has 0 aromatic heterocycles. The van der Waals surface area contributed by atoms with Gasteiger partial charge in [-0.1, -0.05) is 6.07 Å². The van der Waals surface area contributed by atoms with Crippen molar-refractivity contribution >= 4 is 27.7 Å². The Kier molecular flexibility index (Phi) is 8.09. The summed E-state index contributed by atoms with van der Waals surface area (Å²) in [6, 6.07) is 5.84. The SMILES string of the molecule is CCN(CC(=O)NC(C)C)C(=O)CCc1ccc(OC)c(Br)c1. The van der Waals surface area contributed by atoms with Crippen LogP contribution in [0.5, 0.6) is 5.75 Å². The van der Waals surface area contributed by atoms with Gasteiger partial charge in [-0.3, -0.25) is 9.59 Å². The van der Waals surface area contributed by atoms with Gasteiger partial charge in [-0.2, -0.15) is 0 Å². The number of nitrogens with zero attached hydrogens (tertiary/aromatic N) is 1. The molecule has 0 heterocycles. The maximum absolute atomic E-state index is 12.3. The molecule has 0 unspecified atom stereocenters. The Morgan fingerprint density at radius 2 is 2.04 bits per heavy atom. The highest BCUT2D eigenvalue weighted by atomic mass is 79.9. The van der Waals surface area contributed by atoms with E-state index in [1.165, 1.54) is 0 Å². The van der Waals surface area contributed by atoms with E-state index in [-0.39, 0.29) is 24.4 Å². The molecule has 2 amide bonds. The average molecular weight is 385 g/mol. The maximum atomic E-state index is 12.3. The first-order valence-corrected chi connectivity index (χ1v) is 8.56. The first kappa shape index (κ1) is 19.5. The molecule has 23 heavy (non-hydrogen) atoms. The zero-order valence-corrected chi connectivity index (χ0v) is 15.8. The zero-order chi connectivity index (χ0) is 17.4. The summed E-state index contributed by atoms with van der Waals surface area (Å²) >= 11 is 3.44. The summed E-state index contributed by atoms with van der Waals surface area (Å²) in [6.07, 6.45) is 1.01. The molecule has 1 aromatic rings. The highest BCUT2D eigenvalue weighted by molar-refractivity contribution is 9.10. The number of hydrogen-bond donors (Lipinski definition) is 1. The van der Waals surface area contributed by atoms with Crippen LogP contribution in [0.1, 0.15) is 32.8 Å². The first-order chi connectivity index (χ1) is 10.9. The molecule has 0 bridgehead atoms. The second-order valence-corrected chi connectivity index (χ2v) is 6.45. The smallest absolute Gasteiger partial charge is 0.239 e. The van der Waals surface area contributed by atoms with E-state index in [2.05, 4.69) is 21.2 Å². The predicted octanol–water partition coefficient (Wildman–Crippen LogP) is 2.76. The van der Waals surface area contributed by atoms with Crippen LogP contribution in [0, 0.1) is 0 Å². The lowest BCUT2D eigenvalue weighted by molar-refractivity contribution is -0.136. The van der Waals surface area contributed by atoms with E-state index >= 15 is 0 Å². The second kappa shape index (κ2) is 9.55. The van der Waals surface area contributed by atoms with Gasteiger partial charge in [0.2, 0.25) is 11.8 Å². The van der Waals surface area contributed by atoms with Crippen LogP contribution in [-0.4, -0.2) is 43.0 Å². The Morgan fingerprint density at radius 1 is 1.35 bits per heavy atom. The monoisotopic (exact) mass is 384 g/mol. The van der Waals surface area contributed by atoms with E-state index in [0.29, 0.717) is 19.4 Å². The van der Waals surface area contributed by atoms with Crippen molar-refractivity contribution < 1.29 is 14.3 Å². The number of benzene rings is 1. The first-order valence-electron chi connectivity index (χ1n) is 7.76. The summed E-state index contributed by atoms with van der Waals surface area (Å²) in [6.45, 7) is 6.32. The minimum atomic E-state index is -0.123. The fourth-order valence-electron chi connectivity index (χ4n) is 2.19. The van der Waals surface area contributed by atoms with Crippen LogP contribution < -0.4 is 10.1 Å². The van der Waals surface area contributed by atoms with E-state index in [1.54, 1.807) is 12.0 Å². The quantitative estimate of drug-likeness (QED) is 0.749. The van der Waals surface area contributed by atoms with Crippen molar-refractivity contribution in [2.45, 2.75) is 39.7 Å². The lowest BCUT2D eigenvalue weighted by Gasteiger charge is -2.21. The summed E-state index contributed by atoms with van der Waals surface area (Å²) in [7, 11) is 1.62. The molecule has 6 heteroatoms. The molecule has 1 N–H and O–H groups in total. The number of nitrogens with one attached hydrogen (secondary N) is 1. The van der Waals surface area contributed by atoms with Crippen LogP contribution in [0.15, 0.2) is 22.7 Å². The fourth-order valence-corrected chi connectivity index (χ4v) is 2.78. The fraction of sp³-hybridized carbons (Fsp3) is 0.529. The third-order valence-corrected chi connectivity index (χ3v) is 3.98. The van der Waals surface area contributed by atoms with Crippen LogP contribution >= 0.6 is 15.9 Å². The van der Waals surface area contributed by atoms with E-state index in [0.717, 1.165) is 15.8 Å². The van der Waals surface area contributed by atoms with Crippen molar-refractivity contribution in [1.29, 1.82) is 0 Å². The highest BCUT2D eigenvalue weighted by Crippen LogP contribution is 2.26. The number of aryl methyl sites for hydroxylation is 1. The Hall–Kier alpha value is -1.56. The van der Waals surface area contributed by atoms with Crippen molar-refractivity contribution in [2.24, 2.45) is 0 Å². The number of carbonyl (C=O) groups excluding carboxylic acids is 2. The summed E-state index contributed by atoms with van der Waals surface area (Å²) in [5, 5.41) is 2.80. The topological polar surface area (TPSA) is 58.6 Å². The van der Waals surface area contributed by atoms with Gasteiger partial charge >= 0.3 is 0 Å². The van der Waals surface area contributed by atoms with Crippen LogP contribution in [0.2, 0.25) is 0 Å². The standard InChI is InChI=1S/C17H25BrN2O3/c1-5-20(11-16(21)19-12(2)3)17(22)9-7-13-6-8-15(23-4)14(18)10-13/h6,8,10,12H,5,7,9,11H2,1-4H3,(H,19,21). The Balaban J connectivity index is 2.56. The van der Waals surface area contributed by atoms with Gasteiger partial charge in [0.05, 0.1) is 18.1 Å². The number of rotatable bonds is 8.